The number of ketones is 1. The molecule has 0 bridgehead atoms. The van der Waals surface area contributed by atoms with E-state index in [1.165, 1.54) is 26.0 Å². The fraction of sp³-hybridized carbons (Fsp3) is 0.438. The van der Waals surface area contributed by atoms with Gasteiger partial charge in [-0.1, -0.05) is 19.6 Å². The standard InChI is InChI=1S/C13H15NO5.C3H8O3S/c1-6(2)10(15)13(3)7(11(16)17)4-5-8(14)9(13)12(18)19;1-2-3-7(4,5)6/h4-5,7H,1,14H2,2-3H3,(H,16,17)(H,18,19);2-3H2,1H3,(H,4,5,6). The van der Waals surface area contributed by atoms with Crippen molar-refractivity contribution in [3.63, 3.8) is 0 Å². The third kappa shape index (κ3) is 5.53. The van der Waals surface area contributed by atoms with E-state index in [1.807, 2.05) is 0 Å². The van der Waals surface area contributed by atoms with Gasteiger partial charge in [-0.15, -0.1) is 0 Å². The molecule has 0 saturated heterocycles. The van der Waals surface area contributed by atoms with Crippen molar-refractivity contribution in [3.8, 4) is 0 Å². The number of hydrogen-bond donors (Lipinski definition) is 4. The van der Waals surface area contributed by atoms with Gasteiger partial charge in [-0.05, 0) is 31.9 Å². The highest BCUT2D eigenvalue weighted by Crippen LogP contribution is 2.43. The fourth-order valence-corrected chi connectivity index (χ4v) is 3.08. The van der Waals surface area contributed by atoms with Gasteiger partial charge in [0.05, 0.1) is 22.7 Å². The monoisotopic (exact) mass is 389 g/mol. The Kier molecular flexibility index (Phi) is 7.94. The molecular formula is C16H23NO8S. The summed E-state index contributed by atoms with van der Waals surface area (Å²) in [4.78, 5) is 34.9. The summed E-state index contributed by atoms with van der Waals surface area (Å²) >= 11 is 0. The summed E-state index contributed by atoms with van der Waals surface area (Å²) in [6.07, 6.45) is 2.90. The van der Waals surface area contributed by atoms with E-state index in [2.05, 4.69) is 6.58 Å². The molecular weight excluding hydrogens is 366 g/mol. The fourth-order valence-electron chi connectivity index (χ4n) is 2.56. The molecule has 0 radical (unpaired) electrons. The third-order valence-corrected chi connectivity index (χ3v) is 4.62. The van der Waals surface area contributed by atoms with Crippen LogP contribution in [0.25, 0.3) is 0 Å². The largest absolute Gasteiger partial charge is 0.481 e. The summed E-state index contributed by atoms with van der Waals surface area (Å²) < 4.78 is 27.6. The lowest BCUT2D eigenvalue weighted by Gasteiger charge is -2.36. The number of hydrogen-bond acceptors (Lipinski definition) is 6. The van der Waals surface area contributed by atoms with E-state index in [9.17, 15) is 33.0 Å². The molecule has 0 spiro atoms. The molecule has 9 nitrogen and oxygen atoms in total. The van der Waals surface area contributed by atoms with Gasteiger partial charge in [0.25, 0.3) is 10.1 Å². The van der Waals surface area contributed by atoms with Crippen molar-refractivity contribution in [2.45, 2.75) is 27.2 Å². The zero-order valence-electron chi connectivity index (χ0n) is 14.7. The molecule has 1 aliphatic rings. The smallest absolute Gasteiger partial charge is 0.334 e. The van der Waals surface area contributed by atoms with E-state index in [-0.39, 0.29) is 17.0 Å². The van der Waals surface area contributed by atoms with Crippen LogP contribution in [0.4, 0.5) is 0 Å². The van der Waals surface area contributed by atoms with Gasteiger partial charge in [0.1, 0.15) is 0 Å². The third-order valence-electron chi connectivity index (χ3n) is 3.70. The van der Waals surface area contributed by atoms with Crippen LogP contribution in [0.5, 0.6) is 0 Å². The number of allylic oxidation sites excluding steroid dienone is 2. The Balaban J connectivity index is 0.000000758. The first-order valence-electron chi connectivity index (χ1n) is 7.50. The molecule has 5 N–H and O–H groups in total. The lowest BCUT2D eigenvalue weighted by molar-refractivity contribution is -0.148. The van der Waals surface area contributed by atoms with Gasteiger partial charge in [-0.2, -0.15) is 8.42 Å². The van der Waals surface area contributed by atoms with Gasteiger partial charge in [0, 0.05) is 5.70 Å². The summed E-state index contributed by atoms with van der Waals surface area (Å²) in [6.45, 7) is 7.82. The number of rotatable bonds is 6. The summed E-state index contributed by atoms with van der Waals surface area (Å²) in [5, 5.41) is 18.4. The quantitative estimate of drug-likeness (QED) is 0.381. The van der Waals surface area contributed by atoms with Crippen LogP contribution in [0, 0.1) is 11.3 Å². The molecule has 0 amide bonds. The van der Waals surface area contributed by atoms with E-state index in [1.54, 1.807) is 6.92 Å². The van der Waals surface area contributed by atoms with Crippen molar-refractivity contribution in [1.29, 1.82) is 0 Å². The van der Waals surface area contributed by atoms with Gasteiger partial charge in [-0.3, -0.25) is 14.1 Å². The topological polar surface area (TPSA) is 172 Å². The molecule has 0 aromatic rings. The maximum atomic E-state index is 12.2. The molecule has 0 aliphatic heterocycles. The summed E-state index contributed by atoms with van der Waals surface area (Å²) in [6, 6.07) is 0. The Bertz CT molecular complexity index is 778. The molecule has 2 atom stereocenters. The first-order chi connectivity index (χ1) is 11.7. The number of carboxylic acids is 2. The Morgan fingerprint density at radius 1 is 1.31 bits per heavy atom. The Hall–Kier alpha value is -2.46. The van der Waals surface area contributed by atoms with Crippen LogP contribution in [0.3, 0.4) is 0 Å². The number of aliphatic carboxylic acids is 2. The van der Waals surface area contributed by atoms with Crippen LogP contribution in [-0.4, -0.2) is 46.7 Å². The zero-order valence-corrected chi connectivity index (χ0v) is 15.5. The average Bonchev–Trinajstić information content (AvgIpc) is 2.44. The van der Waals surface area contributed by atoms with Crippen molar-refractivity contribution in [3.05, 3.63) is 35.6 Å². The molecule has 26 heavy (non-hydrogen) atoms. The molecule has 0 saturated carbocycles. The first-order valence-corrected chi connectivity index (χ1v) is 9.11. The Labute approximate surface area is 151 Å². The molecule has 0 fully saturated rings. The van der Waals surface area contributed by atoms with Crippen molar-refractivity contribution in [1.82, 2.24) is 0 Å². The maximum absolute atomic E-state index is 12.2. The maximum Gasteiger partial charge on any atom is 0.334 e. The molecule has 146 valence electrons. The van der Waals surface area contributed by atoms with Crippen molar-refractivity contribution < 1.29 is 37.6 Å². The van der Waals surface area contributed by atoms with Crippen molar-refractivity contribution >= 4 is 27.8 Å². The van der Waals surface area contributed by atoms with E-state index in [0.717, 1.165) is 0 Å². The molecule has 0 aromatic heterocycles. The number of carbonyl (C=O) groups is 3. The van der Waals surface area contributed by atoms with Crippen LogP contribution < -0.4 is 5.73 Å². The van der Waals surface area contributed by atoms with E-state index < -0.39 is 44.7 Å². The Morgan fingerprint density at radius 2 is 1.81 bits per heavy atom. The average molecular weight is 389 g/mol. The van der Waals surface area contributed by atoms with Gasteiger partial charge in [0.15, 0.2) is 5.78 Å². The van der Waals surface area contributed by atoms with Gasteiger partial charge >= 0.3 is 11.9 Å². The van der Waals surface area contributed by atoms with Crippen molar-refractivity contribution in [2.75, 3.05) is 5.75 Å². The number of carboxylic acid groups (broad SMARTS) is 2. The molecule has 0 aromatic carbocycles. The van der Waals surface area contributed by atoms with E-state index in [4.69, 9.17) is 10.3 Å². The SMILES string of the molecule is C=C(C)C(=O)C1(C)C(C(=O)O)=C(N)C=CC1C(=O)O.CCCS(=O)(=O)O. The molecule has 0 heterocycles. The Morgan fingerprint density at radius 3 is 2.08 bits per heavy atom. The second kappa shape index (κ2) is 8.77. The van der Waals surface area contributed by atoms with E-state index in [0.29, 0.717) is 6.42 Å². The minimum atomic E-state index is -3.67. The highest BCUT2D eigenvalue weighted by Gasteiger charge is 2.51. The van der Waals surface area contributed by atoms with Crippen molar-refractivity contribution in [2.24, 2.45) is 17.1 Å². The summed E-state index contributed by atoms with van der Waals surface area (Å²) in [7, 11) is -3.67. The lowest BCUT2D eigenvalue weighted by Crippen LogP contribution is -2.46. The summed E-state index contributed by atoms with van der Waals surface area (Å²) in [5.41, 5.74) is 3.38. The second-order valence-corrected chi connectivity index (χ2v) is 7.48. The van der Waals surface area contributed by atoms with Crippen LogP contribution >= 0.6 is 0 Å². The molecule has 2 unspecified atom stereocenters. The van der Waals surface area contributed by atoms with Crippen LogP contribution in [-0.2, 0) is 24.5 Å². The second-order valence-electron chi connectivity index (χ2n) is 5.91. The molecule has 10 heteroatoms. The number of nitrogens with two attached hydrogens (primary N) is 1. The highest BCUT2D eigenvalue weighted by molar-refractivity contribution is 7.85. The highest BCUT2D eigenvalue weighted by atomic mass is 32.2. The molecule has 1 rings (SSSR count). The minimum Gasteiger partial charge on any atom is -0.481 e. The van der Waals surface area contributed by atoms with Crippen LogP contribution in [0.1, 0.15) is 27.2 Å². The predicted octanol–water partition coefficient (Wildman–Crippen LogP) is 0.990. The van der Waals surface area contributed by atoms with Gasteiger partial charge in [0.2, 0.25) is 0 Å². The van der Waals surface area contributed by atoms with Gasteiger partial charge < -0.3 is 15.9 Å². The van der Waals surface area contributed by atoms with E-state index >= 15 is 0 Å². The first kappa shape index (κ1) is 23.5. The lowest BCUT2D eigenvalue weighted by atomic mass is 9.64. The van der Waals surface area contributed by atoms with Crippen LogP contribution in [0.15, 0.2) is 35.6 Å². The van der Waals surface area contributed by atoms with Crippen LogP contribution in [0.2, 0.25) is 0 Å². The summed E-state index contributed by atoms with van der Waals surface area (Å²) in [5.74, 6) is -4.78. The minimum absolute atomic E-state index is 0.0793. The number of carbonyl (C=O) groups excluding carboxylic acids is 1. The number of Topliss-reactive ketones (excluding diaryl/α,β-unsaturated/α-hetero) is 1. The normalized spacial score (nSPS) is 22.2. The molecule has 1 aliphatic carbocycles. The zero-order chi connectivity index (χ0) is 20.9. The van der Waals surface area contributed by atoms with Gasteiger partial charge in [-0.25, -0.2) is 4.79 Å². The predicted molar refractivity (Wildman–Crippen MR) is 93.7 cm³/mol.